The standard InChI is InChI=1S/C8H12N2.C8H8N2/c2*1-2-6-10-7-3-5-9-8(10)4-1/h1-2,4,9H,3,5-7H2;1-6H,7H2. The summed E-state index contributed by atoms with van der Waals surface area (Å²) >= 11 is 0. The zero-order chi connectivity index (χ0) is 13.6. The fraction of sp³-hybridized carbons (Fsp3) is 0.312. The molecule has 0 bridgehead atoms. The first-order valence-electron chi connectivity index (χ1n) is 7.13. The molecule has 0 aromatic heterocycles. The number of allylic oxidation sites excluding steroid dienone is 4. The van der Waals surface area contributed by atoms with Crippen LogP contribution in [0.5, 0.6) is 0 Å². The van der Waals surface area contributed by atoms with Gasteiger partial charge in [-0.25, -0.2) is 4.99 Å². The zero-order valence-electron chi connectivity index (χ0n) is 11.6. The van der Waals surface area contributed by atoms with Gasteiger partial charge >= 0.3 is 0 Å². The Morgan fingerprint density at radius 3 is 3.00 bits per heavy atom. The van der Waals surface area contributed by atoms with Crippen LogP contribution in [0.2, 0.25) is 0 Å². The van der Waals surface area contributed by atoms with Crippen LogP contribution >= 0.6 is 0 Å². The molecule has 0 aliphatic carbocycles. The second kappa shape index (κ2) is 6.28. The van der Waals surface area contributed by atoms with Crippen LogP contribution in [0.25, 0.3) is 0 Å². The number of amidine groups is 1. The summed E-state index contributed by atoms with van der Waals surface area (Å²) in [6.07, 6.45) is 19.6. The molecule has 1 N–H and O–H groups in total. The predicted molar refractivity (Wildman–Crippen MR) is 83.0 cm³/mol. The van der Waals surface area contributed by atoms with Gasteiger partial charge in [-0.15, -0.1) is 0 Å². The van der Waals surface area contributed by atoms with Gasteiger partial charge in [0.25, 0.3) is 0 Å². The summed E-state index contributed by atoms with van der Waals surface area (Å²) in [5.41, 5.74) is 0. The molecule has 4 aliphatic rings. The molecule has 4 heteroatoms. The van der Waals surface area contributed by atoms with Gasteiger partial charge in [0.05, 0.1) is 0 Å². The molecule has 0 saturated carbocycles. The molecule has 0 spiro atoms. The van der Waals surface area contributed by atoms with Crippen molar-refractivity contribution in [2.24, 2.45) is 4.99 Å². The van der Waals surface area contributed by atoms with Gasteiger partial charge in [-0.05, 0) is 30.7 Å². The van der Waals surface area contributed by atoms with Crippen LogP contribution in [0.4, 0.5) is 0 Å². The highest BCUT2D eigenvalue weighted by Gasteiger charge is 2.13. The molecule has 0 amide bonds. The fourth-order valence-electron chi connectivity index (χ4n) is 2.45. The Labute approximate surface area is 120 Å². The Bertz CT molecular complexity index is 523. The van der Waals surface area contributed by atoms with Crippen molar-refractivity contribution >= 4 is 5.84 Å². The van der Waals surface area contributed by atoms with Gasteiger partial charge in [-0.2, -0.15) is 0 Å². The third kappa shape index (κ3) is 3.02. The van der Waals surface area contributed by atoms with Crippen molar-refractivity contribution in [1.29, 1.82) is 0 Å². The third-order valence-electron chi connectivity index (χ3n) is 3.50. The lowest BCUT2D eigenvalue weighted by Gasteiger charge is -2.33. The lowest BCUT2D eigenvalue weighted by molar-refractivity contribution is 0.304. The van der Waals surface area contributed by atoms with E-state index in [-0.39, 0.29) is 0 Å². The van der Waals surface area contributed by atoms with Crippen LogP contribution < -0.4 is 5.32 Å². The summed E-state index contributed by atoms with van der Waals surface area (Å²) in [5.74, 6) is 2.33. The third-order valence-corrected chi connectivity index (χ3v) is 3.50. The van der Waals surface area contributed by atoms with E-state index < -0.39 is 0 Å². The Morgan fingerprint density at radius 1 is 1.10 bits per heavy atom. The van der Waals surface area contributed by atoms with E-state index in [2.05, 4.69) is 38.3 Å². The second-order valence-electron chi connectivity index (χ2n) is 4.93. The Balaban J connectivity index is 0.000000121. The molecule has 1 saturated heterocycles. The molecule has 4 rings (SSSR count). The summed E-state index contributed by atoms with van der Waals surface area (Å²) < 4.78 is 0. The predicted octanol–water partition coefficient (Wildman–Crippen LogP) is 1.99. The maximum atomic E-state index is 4.18. The van der Waals surface area contributed by atoms with Crippen LogP contribution in [-0.2, 0) is 0 Å². The summed E-state index contributed by atoms with van der Waals surface area (Å²) in [6, 6.07) is 0. The Hall–Kier alpha value is -2.23. The summed E-state index contributed by atoms with van der Waals surface area (Å²) in [6.45, 7) is 4.37. The molecule has 4 nitrogen and oxygen atoms in total. The van der Waals surface area contributed by atoms with Crippen LogP contribution in [0.3, 0.4) is 0 Å². The van der Waals surface area contributed by atoms with E-state index in [9.17, 15) is 0 Å². The number of aliphatic imine (C=N–C) groups is 1. The topological polar surface area (TPSA) is 30.9 Å². The number of nitrogens with zero attached hydrogens (tertiary/aromatic N) is 3. The molecular formula is C16H20N4. The molecule has 4 aliphatic heterocycles. The number of fused-ring (bicyclic) bond motifs is 2. The summed E-state index contributed by atoms with van der Waals surface area (Å²) in [4.78, 5) is 8.64. The minimum atomic E-state index is 0.944. The molecule has 0 aromatic rings. The van der Waals surface area contributed by atoms with E-state index in [1.54, 1.807) is 0 Å². The first-order valence-corrected chi connectivity index (χ1v) is 7.13. The van der Waals surface area contributed by atoms with Crippen LogP contribution in [0.15, 0.2) is 65.7 Å². The molecule has 104 valence electrons. The average molecular weight is 268 g/mol. The van der Waals surface area contributed by atoms with E-state index in [1.807, 2.05) is 36.7 Å². The molecule has 0 atom stereocenters. The van der Waals surface area contributed by atoms with Crippen molar-refractivity contribution in [3.05, 3.63) is 60.8 Å². The molecule has 0 aromatic carbocycles. The molecule has 1 fully saturated rings. The first-order chi connectivity index (χ1) is 9.93. The van der Waals surface area contributed by atoms with E-state index in [4.69, 9.17) is 0 Å². The Kier molecular flexibility index (Phi) is 4.01. The van der Waals surface area contributed by atoms with Crippen molar-refractivity contribution < 1.29 is 0 Å². The lowest BCUT2D eigenvalue weighted by Crippen LogP contribution is -2.40. The minimum absolute atomic E-state index is 0.944. The SMILES string of the molecule is C1=CC2=NC=CCN2C=C1.C1=CCN2CCCNC2=C1. The largest absolute Gasteiger partial charge is 0.372 e. The molecular weight excluding hydrogens is 248 g/mol. The molecule has 0 unspecified atom stereocenters. The number of hydrogen-bond acceptors (Lipinski definition) is 4. The van der Waals surface area contributed by atoms with Gasteiger partial charge in [0.2, 0.25) is 0 Å². The van der Waals surface area contributed by atoms with Crippen molar-refractivity contribution in [3.8, 4) is 0 Å². The van der Waals surface area contributed by atoms with Gasteiger partial charge in [0.1, 0.15) is 11.7 Å². The van der Waals surface area contributed by atoms with E-state index in [0.29, 0.717) is 0 Å². The van der Waals surface area contributed by atoms with E-state index >= 15 is 0 Å². The average Bonchev–Trinajstić information content (AvgIpc) is 2.56. The van der Waals surface area contributed by atoms with Crippen LogP contribution in [0.1, 0.15) is 6.42 Å². The highest BCUT2D eigenvalue weighted by molar-refractivity contribution is 5.95. The van der Waals surface area contributed by atoms with Gasteiger partial charge in [0.15, 0.2) is 0 Å². The second-order valence-corrected chi connectivity index (χ2v) is 4.93. The number of rotatable bonds is 0. The lowest BCUT2D eigenvalue weighted by atomic mass is 10.2. The minimum Gasteiger partial charge on any atom is -0.372 e. The van der Waals surface area contributed by atoms with Crippen molar-refractivity contribution in [3.63, 3.8) is 0 Å². The van der Waals surface area contributed by atoms with Crippen LogP contribution in [-0.4, -0.2) is 41.8 Å². The highest BCUT2D eigenvalue weighted by atomic mass is 15.3. The summed E-state index contributed by atoms with van der Waals surface area (Å²) in [5, 5.41) is 3.36. The zero-order valence-corrected chi connectivity index (χ0v) is 11.6. The Morgan fingerprint density at radius 2 is 2.10 bits per heavy atom. The van der Waals surface area contributed by atoms with Gasteiger partial charge in [0, 0.05) is 38.6 Å². The van der Waals surface area contributed by atoms with Crippen molar-refractivity contribution in [1.82, 2.24) is 15.1 Å². The normalized spacial score (nSPS) is 22.0. The molecule has 20 heavy (non-hydrogen) atoms. The monoisotopic (exact) mass is 268 g/mol. The van der Waals surface area contributed by atoms with Crippen molar-refractivity contribution in [2.45, 2.75) is 6.42 Å². The maximum absolute atomic E-state index is 4.18. The molecule has 4 heterocycles. The van der Waals surface area contributed by atoms with E-state index in [1.165, 1.54) is 18.8 Å². The van der Waals surface area contributed by atoms with Gasteiger partial charge in [-0.3, -0.25) is 0 Å². The quantitative estimate of drug-likeness (QED) is 0.729. The maximum Gasteiger partial charge on any atom is 0.132 e. The van der Waals surface area contributed by atoms with Gasteiger partial charge in [-0.1, -0.05) is 18.2 Å². The van der Waals surface area contributed by atoms with Crippen molar-refractivity contribution in [2.75, 3.05) is 26.2 Å². The van der Waals surface area contributed by atoms with Gasteiger partial charge < -0.3 is 15.1 Å². The highest BCUT2D eigenvalue weighted by Crippen LogP contribution is 2.10. The number of hydrogen-bond donors (Lipinski definition) is 1. The fourth-order valence-corrected chi connectivity index (χ4v) is 2.45. The first kappa shape index (κ1) is 12.8. The van der Waals surface area contributed by atoms with E-state index in [0.717, 1.165) is 25.5 Å². The molecule has 0 radical (unpaired) electrons. The number of nitrogens with one attached hydrogen (secondary N) is 1. The smallest absolute Gasteiger partial charge is 0.132 e. The summed E-state index contributed by atoms with van der Waals surface area (Å²) in [7, 11) is 0. The van der Waals surface area contributed by atoms with Crippen LogP contribution in [0, 0.1) is 0 Å².